The van der Waals surface area contributed by atoms with Crippen molar-refractivity contribution in [3.05, 3.63) is 29.6 Å². The third kappa shape index (κ3) is 3.28. The molecule has 1 heterocycles. The van der Waals surface area contributed by atoms with Gasteiger partial charge in [0.05, 0.1) is 13.5 Å². The maximum Gasteiger partial charge on any atom is 0.227 e. The van der Waals surface area contributed by atoms with Crippen molar-refractivity contribution in [2.24, 2.45) is 5.73 Å². The summed E-state index contributed by atoms with van der Waals surface area (Å²) in [6.45, 7) is 1.24. The summed E-state index contributed by atoms with van der Waals surface area (Å²) in [7, 11) is 1.42. The second kappa shape index (κ2) is 6.70. The maximum atomic E-state index is 13.6. The maximum absolute atomic E-state index is 13.6. The molecule has 1 fully saturated rings. The van der Waals surface area contributed by atoms with E-state index in [4.69, 9.17) is 10.5 Å². The van der Waals surface area contributed by atoms with Crippen molar-refractivity contribution in [2.75, 3.05) is 20.2 Å². The Labute approximate surface area is 118 Å². The fourth-order valence-corrected chi connectivity index (χ4v) is 2.67. The van der Waals surface area contributed by atoms with Crippen molar-refractivity contribution >= 4 is 5.91 Å². The van der Waals surface area contributed by atoms with Gasteiger partial charge in [-0.3, -0.25) is 4.79 Å². The van der Waals surface area contributed by atoms with Gasteiger partial charge in [0.25, 0.3) is 0 Å². The Morgan fingerprint density at radius 1 is 1.50 bits per heavy atom. The molecule has 5 heteroatoms. The molecular formula is C15H21FN2O2. The molecule has 0 radical (unpaired) electrons. The van der Waals surface area contributed by atoms with Crippen molar-refractivity contribution in [2.45, 2.75) is 31.7 Å². The van der Waals surface area contributed by atoms with Crippen molar-refractivity contribution in [1.29, 1.82) is 0 Å². The van der Waals surface area contributed by atoms with Gasteiger partial charge in [0.2, 0.25) is 5.91 Å². The SMILES string of the molecule is COc1ccc(CC(=O)N2CCCCC2CN)cc1F. The molecule has 0 saturated carbocycles. The number of hydrogen-bond acceptors (Lipinski definition) is 3. The van der Waals surface area contributed by atoms with Gasteiger partial charge in [-0.1, -0.05) is 6.07 Å². The summed E-state index contributed by atoms with van der Waals surface area (Å²) >= 11 is 0. The molecule has 2 N–H and O–H groups in total. The number of benzene rings is 1. The minimum absolute atomic E-state index is 0.0183. The van der Waals surface area contributed by atoms with E-state index in [-0.39, 0.29) is 24.1 Å². The molecule has 1 aromatic carbocycles. The monoisotopic (exact) mass is 280 g/mol. The lowest BCUT2D eigenvalue weighted by atomic mass is 10.0. The highest BCUT2D eigenvalue weighted by atomic mass is 19.1. The zero-order valence-electron chi connectivity index (χ0n) is 11.8. The van der Waals surface area contributed by atoms with Crippen LogP contribution >= 0.6 is 0 Å². The number of likely N-dealkylation sites (tertiary alicyclic amines) is 1. The van der Waals surface area contributed by atoms with Crippen LogP contribution in [-0.4, -0.2) is 37.0 Å². The zero-order valence-corrected chi connectivity index (χ0v) is 11.8. The van der Waals surface area contributed by atoms with Gasteiger partial charge >= 0.3 is 0 Å². The average Bonchev–Trinajstić information content (AvgIpc) is 2.47. The number of rotatable bonds is 4. The van der Waals surface area contributed by atoms with Gasteiger partial charge in [0.1, 0.15) is 0 Å². The summed E-state index contributed by atoms with van der Waals surface area (Å²) in [5.41, 5.74) is 6.38. The van der Waals surface area contributed by atoms with Crippen LogP contribution in [0.2, 0.25) is 0 Å². The Balaban J connectivity index is 2.05. The lowest BCUT2D eigenvalue weighted by molar-refractivity contribution is -0.133. The van der Waals surface area contributed by atoms with Gasteiger partial charge in [-0.15, -0.1) is 0 Å². The molecule has 0 aliphatic carbocycles. The minimum atomic E-state index is -0.438. The molecule has 4 nitrogen and oxygen atoms in total. The van der Waals surface area contributed by atoms with E-state index < -0.39 is 5.82 Å². The minimum Gasteiger partial charge on any atom is -0.494 e. The van der Waals surface area contributed by atoms with Crippen LogP contribution < -0.4 is 10.5 Å². The van der Waals surface area contributed by atoms with Gasteiger partial charge in [-0.25, -0.2) is 4.39 Å². The molecule has 1 aliphatic rings. The lowest BCUT2D eigenvalue weighted by Gasteiger charge is -2.35. The summed E-state index contributed by atoms with van der Waals surface area (Å²) in [5.74, 6) is -0.226. The van der Waals surface area contributed by atoms with Crippen LogP contribution in [-0.2, 0) is 11.2 Å². The van der Waals surface area contributed by atoms with Gasteiger partial charge in [-0.2, -0.15) is 0 Å². The number of carbonyl (C=O) groups is 1. The Morgan fingerprint density at radius 2 is 2.30 bits per heavy atom. The topological polar surface area (TPSA) is 55.6 Å². The normalized spacial score (nSPS) is 18.9. The molecule has 1 unspecified atom stereocenters. The third-order valence-electron chi connectivity index (χ3n) is 3.79. The summed E-state index contributed by atoms with van der Waals surface area (Å²) in [6, 6.07) is 4.76. The Morgan fingerprint density at radius 3 is 2.95 bits per heavy atom. The van der Waals surface area contributed by atoms with Crippen LogP contribution in [0, 0.1) is 5.82 Å². The molecule has 110 valence electrons. The van der Waals surface area contributed by atoms with Crippen LogP contribution in [0.3, 0.4) is 0 Å². The Hall–Kier alpha value is -1.62. The number of halogens is 1. The van der Waals surface area contributed by atoms with Gasteiger partial charge in [0.15, 0.2) is 11.6 Å². The largest absolute Gasteiger partial charge is 0.494 e. The van der Waals surface area contributed by atoms with E-state index in [2.05, 4.69) is 0 Å². The van der Waals surface area contributed by atoms with E-state index in [0.29, 0.717) is 12.1 Å². The van der Waals surface area contributed by atoms with Crippen molar-refractivity contribution < 1.29 is 13.9 Å². The number of methoxy groups -OCH3 is 1. The van der Waals surface area contributed by atoms with Crippen LogP contribution in [0.1, 0.15) is 24.8 Å². The molecule has 1 amide bonds. The Kier molecular flexibility index (Phi) is 4.95. The summed E-state index contributed by atoms with van der Waals surface area (Å²) in [6.07, 6.45) is 3.29. The molecular weight excluding hydrogens is 259 g/mol. The number of ether oxygens (including phenoxy) is 1. The first-order chi connectivity index (χ1) is 9.65. The quantitative estimate of drug-likeness (QED) is 0.913. The number of carbonyl (C=O) groups excluding carboxylic acids is 1. The van der Waals surface area contributed by atoms with Crippen LogP contribution in [0.15, 0.2) is 18.2 Å². The van der Waals surface area contributed by atoms with Crippen LogP contribution in [0.25, 0.3) is 0 Å². The van der Waals surface area contributed by atoms with E-state index in [9.17, 15) is 9.18 Å². The first-order valence-corrected chi connectivity index (χ1v) is 6.97. The molecule has 0 aromatic heterocycles. The molecule has 1 saturated heterocycles. The van der Waals surface area contributed by atoms with Crippen LogP contribution in [0.4, 0.5) is 4.39 Å². The number of hydrogen-bond donors (Lipinski definition) is 1. The van der Waals surface area contributed by atoms with Gasteiger partial charge in [-0.05, 0) is 37.0 Å². The fourth-order valence-electron chi connectivity index (χ4n) is 2.67. The predicted molar refractivity (Wildman–Crippen MR) is 75.1 cm³/mol. The van der Waals surface area contributed by atoms with E-state index in [1.54, 1.807) is 12.1 Å². The van der Waals surface area contributed by atoms with Gasteiger partial charge in [0, 0.05) is 19.1 Å². The van der Waals surface area contributed by atoms with E-state index in [1.165, 1.54) is 13.2 Å². The number of nitrogens with zero attached hydrogens (tertiary/aromatic N) is 1. The first kappa shape index (κ1) is 14.8. The van der Waals surface area contributed by atoms with Crippen molar-refractivity contribution in [3.8, 4) is 5.75 Å². The highest BCUT2D eigenvalue weighted by molar-refractivity contribution is 5.79. The smallest absolute Gasteiger partial charge is 0.227 e. The van der Waals surface area contributed by atoms with Crippen LogP contribution in [0.5, 0.6) is 5.75 Å². The molecule has 1 atom stereocenters. The zero-order chi connectivity index (χ0) is 14.5. The highest BCUT2D eigenvalue weighted by Gasteiger charge is 2.25. The Bertz CT molecular complexity index is 479. The molecule has 1 aliphatic heterocycles. The van der Waals surface area contributed by atoms with Crippen molar-refractivity contribution in [1.82, 2.24) is 4.90 Å². The molecule has 1 aromatic rings. The summed E-state index contributed by atoms with van der Waals surface area (Å²) < 4.78 is 18.5. The third-order valence-corrected chi connectivity index (χ3v) is 3.79. The highest BCUT2D eigenvalue weighted by Crippen LogP contribution is 2.20. The fraction of sp³-hybridized carbons (Fsp3) is 0.533. The first-order valence-electron chi connectivity index (χ1n) is 6.97. The second-order valence-electron chi connectivity index (χ2n) is 5.12. The van der Waals surface area contributed by atoms with E-state index >= 15 is 0 Å². The molecule has 20 heavy (non-hydrogen) atoms. The lowest BCUT2D eigenvalue weighted by Crippen LogP contribution is -2.48. The van der Waals surface area contributed by atoms with Gasteiger partial charge < -0.3 is 15.4 Å². The number of amides is 1. The molecule has 0 spiro atoms. The predicted octanol–water partition coefficient (Wildman–Crippen LogP) is 1.72. The number of nitrogens with two attached hydrogens (primary N) is 1. The van der Waals surface area contributed by atoms with E-state index in [1.807, 2.05) is 4.90 Å². The van der Waals surface area contributed by atoms with E-state index in [0.717, 1.165) is 25.8 Å². The molecule has 2 rings (SSSR count). The molecule has 0 bridgehead atoms. The second-order valence-corrected chi connectivity index (χ2v) is 5.12. The summed E-state index contributed by atoms with van der Waals surface area (Å²) in [4.78, 5) is 14.2. The average molecular weight is 280 g/mol. The standard InChI is InChI=1S/C15H21FN2O2/c1-20-14-6-5-11(8-13(14)16)9-15(19)18-7-3-2-4-12(18)10-17/h5-6,8,12H,2-4,7,9-10,17H2,1H3. The summed E-state index contributed by atoms with van der Waals surface area (Å²) in [5, 5.41) is 0. The number of piperidine rings is 1. The van der Waals surface area contributed by atoms with Crippen molar-refractivity contribution in [3.63, 3.8) is 0 Å².